The summed E-state index contributed by atoms with van der Waals surface area (Å²) in [6.45, 7) is 6.87. The molecule has 0 N–H and O–H groups in total. The molecule has 6 nitrogen and oxygen atoms in total. The number of Topliss-reactive ketones (excluding diaryl/α,β-unsaturated/α-hetero) is 1. The van der Waals surface area contributed by atoms with E-state index in [9.17, 15) is 14.4 Å². The first-order chi connectivity index (χ1) is 13.1. The summed E-state index contributed by atoms with van der Waals surface area (Å²) in [6, 6.07) is 7.16. The second kappa shape index (κ2) is 7.57. The Bertz CT molecular complexity index is 759. The molecule has 0 unspecified atom stereocenters. The number of rotatable bonds is 5. The van der Waals surface area contributed by atoms with Crippen LogP contribution in [0.4, 0.5) is 4.79 Å². The third-order valence-electron chi connectivity index (χ3n) is 6.13. The van der Waals surface area contributed by atoms with Crippen molar-refractivity contribution >= 4 is 17.7 Å². The Balaban J connectivity index is 1.78. The zero-order chi connectivity index (χ0) is 20.5. The molecule has 1 saturated heterocycles. The van der Waals surface area contributed by atoms with Crippen molar-refractivity contribution in [3.05, 3.63) is 29.8 Å². The molecule has 2 aliphatic rings. The van der Waals surface area contributed by atoms with Crippen molar-refractivity contribution in [1.82, 2.24) is 9.80 Å². The standard InChI is InChI=1S/C22H30N2O4/c1-21(2)13-19(26)23(14-16-5-7-18(28-4)8-6-16)20(27)24(21)15-22(3)11-9-17(25)10-12-22/h5-8H,9-15H2,1-4H3. The lowest BCUT2D eigenvalue weighted by molar-refractivity contribution is -0.136. The maximum atomic E-state index is 13.3. The van der Waals surface area contributed by atoms with Gasteiger partial charge in [0.15, 0.2) is 0 Å². The lowest BCUT2D eigenvalue weighted by atomic mass is 9.74. The van der Waals surface area contributed by atoms with Crippen LogP contribution in [0, 0.1) is 5.41 Å². The van der Waals surface area contributed by atoms with Crippen LogP contribution < -0.4 is 4.74 Å². The number of ether oxygens (including phenoxy) is 1. The smallest absolute Gasteiger partial charge is 0.327 e. The Kier molecular flexibility index (Phi) is 5.50. The summed E-state index contributed by atoms with van der Waals surface area (Å²) >= 11 is 0. The summed E-state index contributed by atoms with van der Waals surface area (Å²) in [6.07, 6.45) is 3.03. The van der Waals surface area contributed by atoms with Crippen molar-refractivity contribution < 1.29 is 19.1 Å². The van der Waals surface area contributed by atoms with Crippen LogP contribution in [0.25, 0.3) is 0 Å². The van der Waals surface area contributed by atoms with Crippen LogP contribution in [0.2, 0.25) is 0 Å². The lowest BCUT2D eigenvalue weighted by Gasteiger charge is -2.49. The highest BCUT2D eigenvalue weighted by molar-refractivity contribution is 5.98. The van der Waals surface area contributed by atoms with Gasteiger partial charge in [-0.15, -0.1) is 0 Å². The number of methoxy groups -OCH3 is 1. The molecular weight excluding hydrogens is 356 g/mol. The van der Waals surface area contributed by atoms with Crippen LogP contribution in [-0.2, 0) is 16.1 Å². The second-order valence-electron chi connectivity index (χ2n) is 9.04. The lowest BCUT2D eigenvalue weighted by Crippen LogP contribution is -2.63. The monoisotopic (exact) mass is 386 g/mol. The molecule has 1 heterocycles. The summed E-state index contributed by atoms with van der Waals surface area (Å²) in [7, 11) is 1.60. The fourth-order valence-corrected chi connectivity index (χ4v) is 4.10. The van der Waals surface area contributed by atoms with Crippen LogP contribution in [-0.4, -0.2) is 46.7 Å². The van der Waals surface area contributed by atoms with E-state index in [0.29, 0.717) is 31.6 Å². The molecule has 1 aromatic rings. The van der Waals surface area contributed by atoms with Gasteiger partial charge in [0.05, 0.1) is 20.1 Å². The molecule has 0 atom stereocenters. The highest BCUT2D eigenvalue weighted by Crippen LogP contribution is 2.39. The van der Waals surface area contributed by atoms with Gasteiger partial charge in [-0.1, -0.05) is 19.1 Å². The number of nitrogens with zero attached hydrogens (tertiary/aromatic N) is 2. The molecule has 152 valence electrons. The molecule has 2 fully saturated rings. The topological polar surface area (TPSA) is 66.9 Å². The Hall–Kier alpha value is -2.37. The average molecular weight is 386 g/mol. The van der Waals surface area contributed by atoms with Crippen LogP contribution in [0.5, 0.6) is 5.75 Å². The van der Waals surface area contributed by atoms with Crippen molar-refractivity contribution in [2.45, 2.75) is 65.0 Å². The van der Waals surface area contributed by atoms with Crippen molar-refractivity contribution in [2.75, 3.05) is 13.7 Å². The Labute approximate surface area is 166 Å². The molecule has 1 aliphatic carbocycles. The number of carbonyl (C=O) groups excluding carboxylic acids is 3. The number of imide groups is 1. The Morgan fingerprint density at radius 3 is 2.18 bits per heavy atom. The van der Waals surface area contributed by atoms with Crippen LogP contribution in [0.1, 0.15) is 58.4 Å². The van der Waals surface area contributed by atoms with Gasteiger partial charge in [0, 0.05) is 24.9 Å². The number of carbonyl (C=O) groups is 3. The fraction of sp³-hybridized carbons (Fsp3) is 0.591. The molecule has 1 aromatic carbocycles. The van der Waals surface area contributed by atoms with Crippen molar-refractivity contribution in [1.29, 1.82) is 0 Å². The minimum Gasteiger partial charge on any atom is -0.497 e. The molecule has 3 rings (SSSR count). The number of hydrogen-bond acceptors (Lipinski definition) is 4. The van der Waals surface area contributed by atoms with Crippen LogP contribution in [0.3, 0.4) is 0 Å². The first-order valence-corrected chi connectivity index (χ1v) is 9.90. The van der Waals surface area contributed by atoms with Gasteiger partial charge in [0.2, 0.25) is 5.91 Å². The minimum absolute atomic E-state index is 0.0903. The fourth-order valence-electron chi connectivity index (χ4n) is 4.10. The Morgan fingerprint density at radius 1 is 1.00 bits per heavy atom. The number of hydrogen-bond donors (Lipinski definition) is 0. The van der Waals surface area contributed by atoms with Crippen molar-refractivity contribution in [2.24, 2.45) is 5.41 Å². The predicted molar refractivity (Wildman–Crippen MR) is 106 cm³/mol. The normalized spacial score (nSPS) is 21.8. The molecule has 1 aliphatic heterocycles. The molecule has 0 radical (unpaired) electrons. The molecule has 0 bridgehead atoms. The number of ketones is 1. The molecule has 1 saturated carbocycles. The van der Waals surface area contributed by atoms with E-state index in [4.69, 9.17) is 4.74 Å². The summed E-state index contributed by atoms with van der Waals surface area (Å²) in [5.74, 6) is 0.895. The number of amides is 3. The third-order valence-corrected chi connectivity index (χ3v) is 6.13. The predicted octanol–water partition coefficient (Wildman–Crippen LogP) is 3.78. The molecule has 0 aromatic heterocycles. The Morgan fingerprint density at radius 2 is 1.61 bits per heavy atom. The molecule has 0 spiro atoms. The second-order valence-corrected chi connectivity index (χ2v) is 9.04. The molecular formula is C22H30N2O4. The summed E-state index contributed by atoms with van der Waals surface area (Å²) < 4.78 is 5.17. The van der Waals surface area contributed by atoms with E-state index >= 15 is 0 Å². The minimum atomic E-state index is -0.533. The summed E-state index contributed by atoms with van der Waals surface area (Å²) in [4.78, 5) is 40.8. The average Bonchev–Trinajstić information content (AvgIpc) is 2.65. The molecule has 6 heteroatoms. The van der Waals surface area contributed by atoms with Gasteiger partial charge in [-0.2, -0.15) is 0 Å². The van der Waals surface area contributed by atoms with Crippen LogP contribution in [0.15, 0.2) is 24.3 Å². The quantitative estimate of drug-likeness (QED) is 0.772. The van der Waals surface area contributed by atoms with E-state index in [-0.39, 0.29) is 23.9 Å². The molecule has 28 heavy (non-hydrogen) atoms. The largest absolute Gasteiger partial charge is 0.497 e. The maximum absolute atomic E-state index is 13.3. The zero-order valence-electron chi connectivity index (χ0n) is 17.3. The number of benzene rings is 1. The van der Waals surface area contributed by atoms with E-state index in [0.717, 1.165) is 24.2 Å². The van der Waals surface area contributed by atoms with Gasteiger partial charge in [-0.05, 0) is 49.8 Å². The summed E-state index contributed by atoms with van der Waals surface area (Å²) in [5, 5.41) is 0. The first kappa shape index (κ1) is 20.4. The van der Waals surface area contributed by atoms with Crippen LogP contribution >= 0.6 is 0 Å². The van der Waals surface area contributed by atoms with E-state index in [2.05, 4.69) is 6.92 Å². The third kappa shape index (κ3) is 4.21. The zero-order valence-corrected chi connectivity index (χ0v) is 17.3. The van der Waals surface area contributed by atoms with Gasteiger partial charge in [0.25, 0.3) is 0 Å². The van der Waals surface area contributed by atoms with Gasteiger partial charge in [-0.25, -0.2) is 4.79 Å². The number of urea groups is 1. The SMILES string of the molecule is COc1ccc(CN2C(=O)CC(C)(C)N(CC3(C)CCC(=O)CC3)C2=O)cc1. The van der Waals surface area contributed by atoms with Gasteiger partial charge in [-0.3, -0.25) is 14.5 Å². The van der Waals surface area contributed by atoms with E-state index in [1.54, 1.807) is 7.11 Å². The molecule has 3 amide bonds. The van der Waals surface area contributed by atoms with Crippen molar-refractivity contribution in [3.63, 3.8) is 0 Å². The highest BCUT2D eigenvalue weighted by Gasteiger charge is 2.46. The van der Waals surface area contributed by atoms with Gasteiger partial charge in [0.1, 0.15) is 11.5 Å². The van der Waals surface area contributed by atoms with Gasteiger partial charge >= 0.3 is 6.03 Å². The van der Waals surface area contributed by atoms with Gasteiger partial charge < -0.3 is 9.64 Å². The van der Waals surface area contributed by atoms with E-state index in [1.807, 2.05) is 43.0 Å². The summed E-state index contributed by atoms with van der Waals surface area (Å²) in [5.41, 5.74) is 0.263. The van der Waals surface area contributed by atoms with Crippen molar-refractivity contribution in [3.8, 4) is 5.75 Å². The van der Waals surface area contributed by atoms with E-state index in [1.165, 1.54) is 4.90 Å². The maximum Gasteiger partial charge on any atom is 0.327 e. The van der Waals surface area contributed by atoms with E-state index < -0.39 is 5.54 Å². The first-order valence-electron chi connectivity index (χ1n) is 9.90. The highest BCUT2D eigenvalue weighted by atomic mass is 16.5.